The second kappa shape index (κ2) is 11.9. The van der Waals surface area contributed by atoms with E-state index in [0.29, 0.717) is 19.0 Å². The maximum absolute atomic E-state index is 5.28. The molecule has 0 fully saturated rings. The fourth-order valence-corrected chi connectivity index (χ4v) is 3.79. The highest BCUT2D eigenvalue weighted by Gasteiger charge is 2.16. The first-order valence-electron chi connectivity index (χ1n) is 10.7. The van der Waals surface area contributed by atoms with Gasteiger partial charge in [0.1, 0.15) is 5.75 Å². The molecule has 0 radical (unpaired) electrons. The van der Waals surface area contributed by atoms with Crippen LogP contribution in [-0.4, -0.2) is 78.9 Å². The standard InChI is InChI=1S/C24H29N5O3.ClH/c1-30-16-14-28(15-17-31-2)13-12-22-20-6-4-5-7-21(20)24-26-25-23(29(24)27-22)18-8-10-19(32-3)11-9-18;/h4-11H,12-17H2,1-3H3;1H. The fraction of sp³-hybridized carbons (Fsp3) is 0.375. The predicted molar refractivity (Wildman–Crippen MR) is 131 cm³/mol. The van der Waals surface area contributed by atoms with Crippen LogP contribution in [0, 0.1) is 0 Å². The van der Waals surface area contributed by atoms with Gasteiger partial charge in [0.2, 0.25) is 0 Å². The number of hydrogen-bond donors (Lipinski definition) is 0. The van der Waals surface area contributed by atoms with E-state index in [9.17, 15) is 0 Å². The molecule has 0 unspecified atom stereocenters. The fourth-order valence-electron chi connectivity index (χ4n) is 3.79. The van der Waals surface area contributed by atoms with Crippen LogP contribution in [0.3, 0.4) is 0 Å². The SMILES string of the molecule is COCCN(CCOC)CCc1nn2c(-c3ccc(OC)cc3)nnc2c2ccccc12.Cl. The Bertz CT molecular complexity index is 1160. The van der Waals surface area contributed by atoms with Crippen molar-refractivity contribution in [3.8, 4) is 17.1 Å². The van der Waals surface area contributed by atoms with Gasteiger partial charge in [-0.05, 0) is 24.3 Å². The molecule has 0 aliphatic carbocycles. The van der Waals surface area contributed by atoms with E-state index in [0.717, 1.165) is 59.5 Å². The Balaban J connectivity index is 0.00000306. The van der Waals surface area contributed by atoms with Crippen molar-refractivity contribution in [3.63, 3.8) is 0 Å². The van der Waals surface area contributed by atoms with Crippen molar-refractivity contribution in [2.24, 2.45) is 0 Å². The maximum atomic E-state index is 5.28. The van der Waals surface area contributed by atoms with Crippen LogP contribution in [0.15, 0.2) is 48.5 Å². The molecule has 0 amide bonds. The van der Waals surface area contributed by atoms with E-state index < -0.39 is 0 Å². The van der Waals surface area contributed by atoms with E-state index in [1.54, 1.807) is 21.3 Å². The van der Waals surface area contributed by atoms with Crippen molar-refractivity contribution in [1.82, 2.24) is 24.7 Å². The van der Waals surface area contributed by atoms with Crippen LogP contribution >= 0.6 is 12.4 Å². The molecule has 8 nitrogen and oxygen atoms in total. The minimum Gasteiger partial charge on any atom is -0.497 e. The van der Waals surface area contributed by atoms with E-state index in [1.165, 1.54) is 0 Å². The topological polar surface area (TPSA) is 74.0 Å². The summed E-state index contributed by atoms with van der Waals surface area (Å²) < 4.78 is 17.7. The summed E-state index contributed by atoms with van der Waals surface area (Å²) in [5, 5.41) is 16.0. The molecule has 9 heteroatoms. The second-order valence-electron chi connectivity index (χ2n) is 7.56. The normalized spacial score (nSPS) is 11.3. The second-order valence-corrected chi connectivity index (χ2v) is 7.56. The Hall–Kier alpha value is -2.78. The third-order valence-corrected chi connectivity index (χ3v) is 5.58. The minimum atomic E-state index is 0. The van der Waals surface area contributed by atoms with Gasteiger partial charge in [-0.1, -0.05) is 24.3 Å². The lowest BCUT2D eigenvalue weighted by molar-refractivity contribution is 0.114. The van der Waals surface area contributed by atoms with Gasteiger partial charge in [-0.3, -0.25) is 4.90 Å². The molecule has 0 N–H and O–H groups in total. The molecule has 4 aromatic rings. The van der Waals surface area contributed by atoms with Gasteiger partial charge in [-0.2, -0.15) is 9.61 Å². The van der Waals surface area contributed by atoms with Crippen LogP contribution in [-0.2, 0) is 15.9 Å². The number of ether oxygens (including phenoxy) is 3. The van der Waals surface area contributed by atoms with Crippen LogP contribution in [0.4, 0.5) is 0 Å². The van der Waals surface area contributed by atoms with Crippen molar-refractivity contribution >= 4 is 28.8 Å². The van der Waals surface area contributed by atoms with Gasteiger partial charge in [0.25, 0.3) is 0 Å². The molecule has 2 aromatic heterocycles. The van der Waals surface area contributed by atoms with Crippen LogP contribution < -0.4 is 4.74 Å². The molecule has 4 rings (SSSR count). The summed E-state index contributed by atoms with van der Waals surface area (Å²) in [7, 11) is 5.11. The predicted octanol–water partition coefficient (Wildman–Crippen LogP) is 3.51. The molecular formula is C24H30ClN5O3. The van der Waals surface area contributed by atoms with Crippen molar-refractivity contribution in [1.29, 1.82) is 0 Å². The quantitative estimate of drug-likeness (QED) is 0.331. The Kier molecular flexibility index (Phi) is 8.96. The van der Waals surface area contributed by atoms with Crippen molar-refractivity contribution in [3.05, 3.63) is 54.2 Å². The summed E-state index contributed by atoms with van der Waals surface area (Å²) in [4.78, 5) is 2.34. The summed E-state index contributed by atoms with van der Waals surface area (Å²) in [6.07, 6.45) is 0.796. The van der Waals surface area contributed by atoms with Crippen LogP contribution in [0.5, 0.6) is 5.75 Å². The molecule has 33 heavy (non-hydrogen) atoms. The zero-order valence-electron chi connectivity index (χ0n) is 19.2. The Morgan fingerprint density at radius 1 is 0.818 bits per heavy atom. The zero-order valence-corrected chi connectivity index (χ0v) is 20.0. The Morgan fingerprint density at radius 2 is 1.48 bits per heavy atom. The molecule has 0 saturated heterocycles. The average Bonchev–Trinajstić information content (AvgIpc) is 3.27. The van der Waals surface area contributed by atoms with Gasteiger partial charge in [0.05, 0.1) is 26.0 Å². The Labute approximate surface area is 199 Å². The maximum Gasteiger partial charge on any atom is 0.186 e. The lowest BCUT2D eigenvalue weighted by Gasteiger charge is -2.21. The zero-order chi connectivity index (χ0) is 22.3. The first-order valence-corrected chi connectivity index (χ1v) is 10.7. The molecule has 176 valence electrons. The van der Waals surface area contributed by atoms with Gasteiger partial charge in [-0.25, -0.2) is 0 Å². The molecule has 2 heterocycles. The van der Waals surface area contributed by atoms with Gasteiger partial charge in [0.15, 0.2) is 11.5 Å². The number of fused-ring (bicyclic) bond motifs is 3. The van der Waals surface area contributed by atoms with Crippen molar-refractivity contribution in [2.75, 3.05) is 54.2 Å². The third kappa shape index (κ3) is 5.59. The third-order valence-electron chi connectivity index (χ3n) is 5.58. The first-order chi connectivity index (χ1) is 15.7. The summed E-state index contributed by atoms with van der Waals surface area (Å²) >= 11 is 0. The molecule has 0 aliphatic rings. The number of benzene rings is 2. The molecule has 0 aliphatic heterocycles. The summed E-state index contributed by atoms with van der Waals surface area (Å²) in [5.41, 5.74) is 2.71. The van der Waals surface area contributed by atoms with E-state index in [-0.39, 0.29) is 12.4 Å². The number of aromatic nitrogens is 4. The molecule has 0 bridgehead atoms. The summed E-state index contributed by atoms with van der Waals surface area (Å²) in [5.74, 6) is 1.51. The average molecular weight is 472 g/mol. The van der Waals surface area contributed by atoms with Gasteiger partial charge < -0.3 is 14.2 Å². The number of methoxy groups -OCH3 is 3. The summed E-state index contributed by atoms with van der Waals surface area (Å²) in [6.45, 7) is 3.93. The van der Waals surface area contributed by atoms with Crippen LogP contribution in [0.25, 0.3) is 27.8 Å². The van der Waals surface area contributed by atoms with E-state index >= 15 is 0 Å². The largest absolute Gasteiger partial charge is 0.497 e. The van der Waals surface area contributed by atoms with E-state index in [1.807, 2.05) is 40.9 Å². The lowest BCUT2D eigenvalue weighted by atomic mass is 10.1. The van der Waals surface area contributed by atoms with Crippen molar-refractivity contribution in [2.45, 2.75) is 6.42 Å². The van der Waals surface area contributed by atoms with E-state index in [2.05, 4.69) is 27.2 Å². The molecular weight excluding hydrogens is 442 g/mol. The lowest BCUT2D eigenvalue weighted by Crippen LogP contribution is -2.32. The van der Waals surface area contributed by atoms with Crippen molar-refractivity contribution < 1.29 is 14.2 Å². The molecule has 2 aromatic carbocycles. The Morgan fingerprint density at radius 3 is 2.12 bits per heavy atom. The van der Waals surface area contributed by atoms with Gasteiger partial charge >= 0.3 is 0 Å². The van der Waals surface area contributed by atoms with E-state index in [4.69, 9.17) is 19.3 Å². The van der Waals surface area contributed by atoms with Crippen LogP contribution in [0.1, 0.15) is 5.69 Å². The smallest absolute Gasteiger partial charge is 0.186 e. The number of halogens is 1. The van der Waals surface area contributed by atoms with Gasteiger partial charge in [0, 0.05) is 56.6 Å². The summed E-state index contributed by atoms with van der Waals surface area (Å²) in [6, 6.07) is 16.0. The molecule has 0 atom stereocenters. The highest BCUT2D eigenvalue weighted by atomic mass is 35.5. The highest BCUT2D eigenvalue weighted by Crippen LogP contribution is 2.26. The monoisotopic (exact) mass is 471 g/mol. The number of hydrogen-bond acceptors (Lipinski definition) is 7. The first kappa shape index (κ1) is 24.9. The highest BCUT2D eigenvalue weighted by molar-refractivity contribution is 5.95. The van der Waals surface area contributed by atoms with Gasteiger partial charge in [-0.15, -0.1) is 22.6 Å². The number of nitrogens with zero attached hydrogens (tertiary/aromatic N) is 5. The minimum absolute atomic E-state index is 0. The van der Waals surface area contributed by atoms with Crippen LogP contribution in [0.2, 0.25) is 0 Å². The molecule has 0 spiro atoms. The molecule has 0 saturated carbocycles. The number of rotatable bonds is 11.